The maximum Gasteiger partial charge on any atom is 0.272 e. The first kappa shape index (κ1) is 20.4. The Morgan fingerprint density at radius 2 is 2.04 bits per heavy atom. The summed E-state index contributed by atoms with van der Waals surface area (Å²) in [5.74, 6) is 0.773. The van der Waals surface area contributed by atoms with E-state index in [-0.39, 0.29) is 16.5 Å². The fraction of sp³-hybridized carbons (Fsp3) is 0.333. The predicted molar refractivity (Wildman–Crippen MR) is 106 cm³/mol. The Bertz CT molecular complexity index is 983. The van der Waals surface area contributed by atoms with Crippen molar-refractivity contribution in [1.82, 2.24) is 0 Å². The molecule has 2 aromatic rings. The van der Waals surface area contributed by atoms with E-state index < -0.39 is 14.9 Å². The van der Waals surface area contributed by atoms with Gasteiger partial charge in [-0.05, 0) is 31.0 Å². The highest BCUT2D eigenvalue weighted by Gasteiger charge is 2.24. The fourth-order valence-corrected chi connectivity index (χ4v) is 3.99. The molecule has 1 aliphatic heterocycles. The molecule has 150 valence electrons. The van der Waals surface area contributed by atoms with Crippen LogP contribution in [0.15, 0.2) is 47.4 Å². The van der Waals surface area contributed by atoms with Crippen molar-refractivity contribution in [2.45, 2.75) is 17.7 Å². The van der Waals surface area contributed by atoms with Gasteiger partial charge < -0.3 is 9.64 Å². The number of sulfonamides is 1. The van der Waals surface area contributed by atoms with E-state index in [9.17, 15) is 18.5 Å². The van der Waals surface area contributed by atoms with E-state index in [2.05, 4.69) is 0 Å². The molecule has 0 spiro atoms. The molecule has 3 rings (SSSR count). The standard InChI is InChI=1S/C18H20ClN3O5S/c19-17-5-1-2-6-18(17)27-12-13-4-3-7-21(11-13)14-8-15(22(23)24)10-16(9-14)28(20,25)26/h1-2,5-6,8-10,13H,3-4,7,11-12H2,(H2,20,25,26). The number of nitro benzene ring substituents is 1. The van der Waals surface area contributed by atoms with Crippen LogP contribution in [-0.2, 0) is 10.0 Å². The minimum atomic E-state index is -4.06. The molecular weight excluding hydrogens is 406 g/mol. The molecule has 1 aliphatic rings. The number of hydrogen-bond acceptors (Lipinski definition) is 6. The van der Waals surface area contributed by atoms with Gasteiger partial charge in [-0.1, -0.05) is 23.7 Å². The first-order valence-electron chi connectivity index (χ1n) is 8.68. The van der Waals surface area contributed by atoms with Gasteiger partial charge in [0.2, 0.25) is 10.0 Å². The Labute approximate surface area is 168 Å². The van der Waals surface area contributed by atoms with Gasteiger partial charge in [0, 0.05) is 36.8 Å². The lowest BCUT2D eigenvalue weighted by Crippen LogP contribution is -2.38. The highest BCUT2D eigenvalue weighted by molar-refractivity contribution is 7.89. The molecule has 2 aromatic carbocycles. The normalized spacial score (nSPS) is 17.4. The number of benzene rings is 2. The van der Waals surface area contributed by atoms with Crippen LogP contribution in [0.25, 0.3) is 0 Å². The van der Waals surface area contributed by atoms with Crippen molar-refractivity contribution < 1.29 is 18.1 Å². The molecule has 1 atom stereocenters. The van der Waals surface area contributed by atoms with Gasteiger partial charge >= 0.3 is 0 Å². The van der Waals surface area contributed by atoms with Crippen LogP contribution in [0.2, 0.25) is 5.02 Å². The van der Waals surface area contributed by atoms with Gasteiger partial charge in [-0.2, -0.15) is 0 Å². The third-order valence-corrected chi connectivity index (χ3v) is 5.82. The average molecular weight is 426 g/mol. The fourth-order valence-electron chi connectivity index (χ4n) is 3.23. The molecule has 0 aromatic heterocycles. The summed E-state index contributed by atoms with van der Waals surface area (Å²) in [4.78, 5) is 12.2. The first-order chi connectivity index (χ1) is 13.2. The molecule has 0 saturated carbocycles. The summed E-state index contributed by atoms with van der Waals surface area (Å²) in [6.07, 6.45) is 1.78. The second-order valence-corrected chi connectivity index (χ2v) is 8.65. The summed E-state index contributed by atoms with van der Waals surface area (Å²) in [6.45, 7) is 1.68. The molecule has 8 nitrogen and oxygen atoms in total. The Hall–Kier alpha value is -2.36. The van der Waals surface area contributed by atoms with E-state index in [4.69, 9.17) is 21.5 Å². The van der Waals surface area contributed by atoms with Crippen molar-refractivity contribution in [3.05, 3.63) is 57.6 Å². The van der Waals surface area contributed by atoms with Gasteiger partial charge in [0.15, 0.2) is 0 Å². The Morgan fingerprint density at radius 3 is 2.71 bits per heavy atom. The maximum absolute atomic E-state index is 11.7. The SMILES string of the molecule is NS(=O)(=O)c1cc(N2CCCC(COc3ccccc3Cl)C2)cc([N+](=O)[O-])c1. The van der Waals surface area contributed by atoms with Crippen LogP contribution in [0.1, 0.15) is 12.8 Å². The third-order valence-electron chi connectivity index (χ3n) is 4.61. The van der Waals surface area contributed by atoms with Gasteiger partial charge in [-0.25, -0.2) is 13.6 Å². The van der Waals surface area contributed by atoms with Gasteiger partial charge in [0.25, 0.3) is 5.69 Å². The number of para-hydroxylation sites is 1. The molecule has 28 heavy (non-hydrogen) atoms. The molecule has 0 amide bonds. The van der Waals surface area contributed by atoms with Crippen molar-refractivity contribution in [3.63, 3.8) is 0 Å². The van der Waals surface area contributed by atoms with Crippen LogP contribution in [0.4, 0.5) is 11.4 Å². The molecule has 1 fully saturated rings. The number of primary sulfonamides is 1. The van der Waals surface area contributed by atoms with Crippen molar-refractivity contribution in [3.8, 4) is 5.75 Å². The Morgan fingerprint density at radius 1 is 1.29 bits per heavy atom. The lowest BCUT2D eigenvalue weighted by molar-refractivity contribution is -0.385. The number of ether oxygens (including phenoxy) is 1. The first-order valence-corrected chi connectivity index (χ1v) is 10.6. The monoisotopic (exact) mass is 425 g/mol. The number of nitrogens with zero attached hydrogens (tertiary/aromatic N) is 2. The lowest BCUT2D eigenvalue weighted by atomic mass is 9.98. The van der Waals surface area contributed by atoms with E-state index >= 15 is 0 Å². The molecule has 1 unspecified atom stereocenters. The topological polar surface area (TPSA) is 116 Å². The van der Waals surface area contributed by atoms with Gasteiger partial charge in [0.1, 0.15) is 5.75 Å². The largest absolute Gasteiger partial charge is 0.492 e. The second-order valence-electron chi connectivity index (χ2n) is 6.68. The van der Waals surface area contributed by atoms with E-state index in [0.717, 1.165) is 18.9 Å². The van der Waals surface area contributed by atoms with E-state index in [1.807, 2.05) is 17.0 Å². The number of nitrogens with two attached hydrogens (primary N) is 1. The van der Waals surface area contributed by atoms with E-state index in [0.29, 0.717) is 36.2 Å². The van der Waals surface area contributed by atoms with Crippen molar-refractivity contribution in [2.75, 3.05) is 24.6 Å². The smallest absolute Gasteiger partial charge is 0.272 e. The summed E-state index contributed by atoms with van der Waals surface area (Å²) in [6, 6.07) is 10.9. The van der Waals surface area contributed by atoms with Crippen LogP contribution < -0.4 is 14.8 Å². The number of rotatable bonds is 6. The molecule has 2 N–H and O–H groups in total. The molecule has 10 heteroatoms. The number of non-ortho nitro benzene ring substituents is 1. The summed E-state index contributed by atoms with van der Waals surface area (Å²) in [7, 11) is -4.06. The zero-order chi connectivity index (χ0) is 20.3. The van der Waals surface area contributed by atoms with Crippen LogP contribution >= 0.6 is 11.6 Å². The highest BCUT2D eigenvalue weighted by atomic mass is 35.5. The Balaban J connectivity index is 1.77. The van der Waals surface area contributed by atoms with Crippen molar-refractivity contribution in [2.24, 2.45) is 11.1 Å². The van der Waals surface area contributed by atoms with Gasteiger partial charge in [-0.15, -0.1) is 0 Å². The summed E-state index contributed by atoms with van der Waals surface area (Å²) >= 11 is 6.11. The average Bonchev–Trinajstić information content (AvgIpc) is 2.66. The summed E-state index contributed by atoms with van der Waals surface area (Å²) in [5, 5.41) is 16.9. The van der Waals surface area contributed by atoms with Gasteiger partial charge in [0.05, 0.1) is 21.4 Å². The zero-order valence-electron chi connectivity index (χ0n) is 15.0. The Kier molecular flexibility index (Phi) is 6.07. The second kappa shape index (κ2) is 8.34. The third kappa shape index (κ3) is 4.92. The molecule has 0 radical (unpaired) electrons. The number of halogens is 1. The molecule has 1 saturated heterocycles. The predicted octanol–water partition coefficient (Wildman–Crippen LogP) is 3.19. The minimum absolute atomic E-state index is 0.169. The van der Waals surface area contributed by atoms with E-state index in [1.165, 1.54) is 12.1 Å². The summed E-state index contributed by atoms with van der Waals surface area (Å²) < 4.78 is 29.2. The lowest BCUT2D eigenvalue weighted by Gasteiger charge is -2.34. The number of hydrogen-bond donors (Lipinski definition) is 1. The minimum Gasteiger partial charge on any atom is -0.492 e. The van der Waals surface area contributed by atoms with Crippen molar-refractivity contribution >= 4 is 33.0 Å². The summed E-state index contributed by atoms with van der Waals surface area (Å²) in [5.41, 5.74) is 0.150. The van der Waals surface area contributed by atoms with Crippen LogP contribution in [0, 0.1) is 16.0 Å². The number of piperidine rings is 1. The highest BCUT2D eigenvalue weighted by Crippen LogP contribution is 2.30. The van der Waals surface area contributed by atoms with Crippen molar-refractivity contribution in [1.29, 1.82) is 0 Å². The number of anilines is 1. The molecule has 1 heterocycles. The maximum atomic E-state index is 11.7. The van der Waals surface area contributed by atoms with Crippen LogP contribution in [0.5, 0.6) is 5.75 Å². The molecule has 0 bridgehead atoms. The van der Waals surface area contributed by atoms with Crippen LogP contribution in [-0.4, -0.2) is 33.0 Å². The van der Waals surface area contributed by atoms with Gasteiger partial charge in [-0.3, -0.25) is 10.1 Å². The molecule has 0 aliphatic carbocycles. The zero-order valence-corrected chi connectivity index (χ0v) is 16.5. The van der Waals surface area contributed by atoms with E-state index in [1.54, 1.807) is 12.1 Å². The molecular formula is C18H20ClN3O5S. The van der Waals surface area contributed by atoms with Crippen LogP contribution in [0.3, 0.4) is 0 Å². The quantitative estimate of drug-likeness (QED) is 0.561. The number of nitro groups is 1.